The fourth-order valence-electron chi connectivity index (χ4n) is 1.48. The van der Waals surface area contributed by atoms with Gasteiger partial charge in [0.05, 0.1) is 11.4 Å². The van der Waals surface area contributed by atoms with E-state index in [1.807, 2.05) is 37.3 Å². The summed E-state index contributed by atoms with van der Waals surface area (Å²) in [5.74, 6) is 0.214. The van der Waals surface area contributed by atoms with Gasteiger partial charge in [-0.3, -0.25) is 9.59 Å². The van der Waals surface area contributed by atoms with Crippen molar-refractivity contribution in [1.29, 1.82) is 0 Å². The summed E-state index contributed by atoms with van der Waals surface area (Å²) in [6, 6.07) is 9.96. The number of hydrogen-bond acceptors (Lipinski definition) is 4. The molecular formula is C15H21NO3S. The second kappa shape index (κ2) is 8.64. The van der Waals surface area contributed by atoms with Crippen LogP contribution < -0.4 is 5.32 Å². The third-order valence-corrected chi connectivity index (χ3v) is 3.70. The van der Waals surface area contributed by atoms with Crippen LogP contribution in [0.1, 0.15) is 26.3 Å². The van der Waals surface area contributed by atoms with Crippen molar-refractivity contribution in [3.05, 3.63) is 35.9 Å². The van der Waals surface area contributed by atoms with E-state index >= 15 is 0 Å². The smallest absolute Gasteiger partial charge is 0.325 e. The fourth-order valence-corrected chi connectivity index (χ4v) is 2.35. The Labute approximate surface area is 124 Å². The van der Waals surface area contributed by atoms with Gasteiger partial charge in [0.1, 0.15) is 6.54 Å². The summed E-state index contributed by atoms with van der Waals surface area (Å²) in [6.45, 7) is 5.31. The molecule has 0 aliphatic carbocycles. The van der Waals surface area contributed by atoms with Crippen molar-refractivity contribution in [3.8, 4) is 0 Å². The molecule has 110 valence electrons. The summed E-state index contributed by atoms with van der Waals surface area (Å²) in [4.78, 5) is 23.1. The maximum atomic E-state index is 11.8. The number of carbonyl (C=O) groups is 2. The zero-order chi connectivity index (χ0) is 15.0. The molecule has 20 heavy (non-hydrogen) atoms. The molecule has 1 atom stereocenters. The van der Waals surface area contributed by atoms with Gasteiger partial charge in [-0.2, -0.15) is 0 Å². The van der Waals surface area contributed by atoms with E-state index in [9.17, 15) is 9.59 Å². The predicted molar refractivity (Wildman–Crippen MR) is 81.4 cm³/mol. The molecule has 0 bridgehead atoms. The lowest BCUT2D eigenvalue weighted by Crippen LogP contribution is -2.36. The summed E-state index contributed by atoms with van der Waals surface area (Å²) in [6.07, 6.45) is -0.163. The number of thioether (sulfide) groups is 1. The van der Waals surface area contributed by atoms with E-state index in [1.54, 1.807) is 13.8 Å². The second-order valence-corrected chi connectivity index (χ2v) is 6.02. The Hall–Kier alpha value is -1.49. The van der Waals surface area contributed by atoms with Gasteiger partial charge in [-0.05, 0) is 26.3 Å². The van der Waals surface area contributed by atoms with Gasteiger partial charge >= 0.3 is 5.97 Å². The largest absolute Gasteiger partial charge is 0.462 e. The number of nitrogens with one attached hydrogen (secondary N) is 1. The van der Waals surface area contributed by atoms with Crippen molar-refractivity contribution in [2.75, 3.05) is 6.54 Å². The maximum Gasteiger partial charge on any atom is 0.325 e. The Morgan fingerprint density at radius 1 is 1.20 bits per heavy atom. The molecule has 1 N–H and O–H groups in total. The number of carbonyl (C=O) groups excluding carboxylic acids is 2. The van der Waals surface area contributed by atoms with Gasteiger partial charge < -0.3 is 10.1 Å². The molecule has 0 heterocycles. The highest BCUT2D eigenvalue weighted by molar-refractivity contribution is 7.99. The maximum absolute atomic E-state index is 11.8. The Kier molecular flexibility index (Phi) is 7.15. The zero-order valence-corrected chi connectivity index (χ0v) is 12.9. The number of esters is 1. The minimum absolute atomic E-state index is 0.0761. The Bertz CT molecular complexity index is 434. The fraction of sp³-hybridized carbons (Fsp3) is 0.467. The van der Waals surface area contributed by atoms with Crippen molar-refractivity contribution in [3.63, 3.8) is 0 Å². The van der Waals surface area contributed by atoms with Gasteiger partial charge in [-0.25, -0.2) is 0 Å². The molecule has 0 aliphatic heterocycles. The third-order valence-electron chi connectivity index (χ3n) is 2.49. The standard InChI is InChI=1S/C15H21NO3S/c1-11(2)19-14(17)9-16-15(18)12(3)20-10-13-7-5-4-6-8-13/h4-8,11-12H,9-10H2,1-3H3,(H,16,18)/t12-/m1/s1. The van der Waals surface area contributed by atoms with Crippen LogP contribution in [0.2, 0.25) is 0 Å². The predicted octanol–water partition coefficient (Wildman–Crippen LogP) is 2.38. The average Bonchev–Trinajstić information content (AvgIpc) is 2.42. The van der Waals surface area contributed by atoms with E-state index in [0.717, 1.165) is 5.75 Å². The summed E-state index contributed by atoms with van der Waals surface area (Å²) >= 11 is 1.54. The van der Waals surface area contributed by atoms with E-state index in [2.05, 4.69) is 5.32 Å². The Morgan fingerprint density at radius 3 is 2.45 bits per heavy atom. The van der Waals surface area contributed by atoms with Gasteiger partial charge in [0, 0.05) is 5.75 Å². The molecule has 1 aromatic rings. The molecule has 0 aromatic heterocycles. The van der Waals surface area contributed by atoms with E-state index in [-0.39, 0.29) is 23.8 Å². The average molecular weight is 295 g/mol. The van der Waals surface area contributed by atoms with Gasteiger partial charge in [-0.1, -0.05) is 30.3 Å². The third kappa shape index (κ3) is 6.61. The van der Waals surface area contributed by atoms with Crippen molar-refractivity contribution >= 4 is 23.6 Å². The number of ether oxygens (including phenoxy) is 1. The molecular weight excluding hydrogens is 274 g/mol. The van der Waals surface area contributed by atoms with Crippen molar-refractivity contribution in [2.45, 2.75) is 37.9 Å². The van der Waals surface area contributed by atoms with Crippen LogP contribution in [0.4, 0.5) is 0 Å². The van der Waals surface area contributed by atoms with Crippen LogP contribution in [0.3, 0.4) is 0 Å². The molecule has 0 saturated heterocycles. The lowest BCUT2D eigenvalue weighted by Gasteiger charge is -2.12. The molecule has 0 aliphatic rings. The van der Waals surface area contributed by atoms with Crippen LogP contribution >= 0.6 is 11.8 Å². The summed E-state index contributed by atoms with van der Waals surface area (Å²) in [7, 11) is 0. The number of hydrogen-bond donors (Lipinski definition) is 1. The summed E-state index contributed by atoms with van der Waals surface area (Å²) in [5, 5.41) is 2.38. The first kappa shape index (κ1) is 16.6. The topological polar surface area (TPSA) is 55.4 Å². The Balaban J connectivity index is 2.27. The van der Waals surface area contributed by atoms with Gasteiger partial charge in [0.15, 0.2) is 0 Å². The second-order valence-electron chi connectivity index (χ2n) is 4.70. The first-order valence-corrected chi connectivity index (χ1v) is 7.66. The molecule has 1 rings (SSSR count). The molecule has 0 unspecified atom stereocenters. The minimum Gasteiger partial charge on any atom is -0.462 e. The monoisotopic (exact) mass is 295 g/mol. The highest BCUT2D eigenvalue weighted by atomic mass is 32.2. The number of rotatable bonds is 7. The van der Waals surface area contributed by atoms with Crippen molar-refractivity contribution in [2.24, 2.45) is 0 Å². The summed E-state index contributed by atoms with van der Waals surface area (Å²) < 4.78 is 4.95. The number of amides is 1. The first-order valence-electron chi connectivity index (χ1n) is 6.61. The van der Waals surface area contributed by atoms with Crippen molar-refractivity contribution < 1.29 is 14.3 Å². The lowest BCUT2D eigenvalue weighted by molar-refractivity contribution is -0.147. The van der Waals surface area contributed by atoms with Crippen molar-refractivity contribution in [1.82, 2.24) is 5.32 Å². The van der Waals surface area contributed by atoms with Gasteiger partial charge in [-0.15, -0.1) is 11.8 Å². The zero-order valence-electron chi connectivity index (χ0n) is 12.1. The lowest BCUT2D eigenvalue weighted by atomic mass is 10.2. The highest BCUT2D eigenvalue weighted by Gasteiger charge is 2.15. The normalized spacial score (nSPS) is 12.0. The molecule has 1 aromatic carbocycles. The van der Waals surface area contributed by atoms with E-state index < -0.39 is 5.97 Å². The summed E-state index contributed by atoms with van der Waals surface area (Å²) in [5.41, 5.74) is 1.18. The van der Waals surface area contributed by atoms with Gasteiger partial charge in [0.2, 0.25) is 5.91 Å². The van der Waals surface area contributed by atoms with Crippen LogP contribution in [0.25, 0.3) is 0 Å². The van der Waals surface area contributed by atoms with Crippen LogP contribution in [0.15, 0.2) is 30.3 Å². The van der Waals surface area contributed by atoms with Gasteiger partial charge in [0.25, 0.3) is 0 Å². The molecule has 4 nitrogen and oxygen atoms in total. The Morgan fingerprint density at radius 2 is 1.85 bits per heavy atom. The molecule has 1 amide bonds. The molecule has 0 saturated carbocycles. The molecule has 0 spiro atoms. The minimum atomic E-state index is -0.409. The molecule has 0 radical (unpaired) electrons. The van der Waals surface area contributed by atoms with E-state index in [1.165, 1.54) is 17.3 Å². The SMILES string of the molecule is CC(C)OC(=O)CNC(=O)[C@@H](C)SCc1ccccc1. The van der Waals surface area contributed by atoms with E-state index in [4.69, 9.17) is 4.74 Å². The van der Waals surface area contributed by atoms with E-state index in [0.29, 0.717) is 0 Å². The van der Waals surface area contributed by atoms with Crippen LogP contribution in [0, 0.1) is 0 Å². The number of benzene rings is 1. The van der Waals surface area contributed by atoms with Crippen LogP contribution in [-0.2, 0) is 20.1 Å². The molecule has 0 fully saturated rings. The quantitative estimate of drug-likeness (QED) is 0.785. The molecule has 5 heteroatoms. The van der Waals surface area contributed by atoms with Crippen LogP contribution in [-0.4, -0.2) is 29.8 Å². The first-order chi connectivity index (χ1) is 9.49. The van der Waals surface area contributed by atoms with Crippen LogP contribution in [0.5, 0.6) is 0 Å². The highest BCUT2D eigenvalue weighted by Crippen LogP contribution is 2.17.